The van der Waals surface area contributed by atoms with E-state index in [4.69, 9.17) is 23.7 Å². The van der Waals surface area contributed by atoms with E-state index in [2.05, 4.69) is 20.8 Å². The molecule has 8 unspecified atom stereocenters. The van der Waals surface area contributed by atoms with E-state index in [9.17, 15) is 24.3 Å². The maximum Gasteiger partial charge on any atom is 0.312 e. The summed E-state index contributed by atoms with van der Waals surface area (Å²) < 4.78 is 28.5. The molecule has 3 heterocycles. The molecular formula is C53H98O10. The summed E-state index contributed by atoms with van der Waals surface area (Å²) >= 11 is 0. The van der Waals surface area contributed by atoms with Gasteiger partial charge in [-0.2, -0.15) is 0 Å². The van der Waals surface area contributed by atoms with Crippen LogP contribution in [0, 0.1) is 57.7 Å². The van der Waals surface area contributed by atoms with Gasteiger partial charge in [-0.15, -0.1) is 0 Å². The lowest BCUT2D eigenvalue weighted by molar-refractivity contribution is -0.222. The van der Waals surface area contributed by atoms with Gasteiger partial charge in [0.2, 0.25) is 0 Å². The van der Waals surface area contributed by atoms with Gasteiger partial charge in [-0.3, -0.25) is 19.2 Å². The maximum atomic E-state index is 12.6. The molecule has 11 aliphatic rings. The summed E-state index contributed by atoms with van der Waals surface area (Å²) in [6.07, 6.45) is 15.7. The second-order valence-corrected chi connectivity index (χ2v) is 22.4. The van der Waals surface area contributed by atoms with Crippen molar-refractivity contribution in [1.82, 2.24) is 0 Å². The second-order valence-electron chi connectivity index (χ2n) is 22.4. The monoisotopic (exact) mass is 895 g/mol. The lowest BCUT2D eigenvalue weighted by Crippen LogP contribution is -2.60. The van der Waals surface area contributed by atoms with Crippen LogP contribution in [0.2, 0.25) is 0 Å². The highest BCUT2D eigenvalue weighted by Crippen LogP contribution is 2.64. The predicted molar refractivity (Wildman–Crippen MR) is 254 cm³/mol. The molecular weight excluding hydrogens is 797 g/mol. The third-order valence-corrected chi connectivity index (χ3v) is 16.9. The molecule has 10 heteroatoms. The minimum absolute atomic E-state index is 0. The number of carbonyl (C=O) groups is 4. The SMILES string of the molecule is C.C.C.C.C.C.CCC(C)(C)C(=O)OC(C)(C)C12CC3CC(CC(C3)C1)C2.CCC(C)(C)C(=O)OC1C2CC3C(=O)OC1C3O2.CCC(C)C(=O)OC12CC3CC(CC(O)(C3)C1)C2. The van der Waals surface area contributed by atoms with Gasteiger partial charge in [0.25, 0.3) is 0 Å². The highest BCUT2D eigenvalue weighted by molar-refractivity contribution is 5.79. The highest BCUT2D eigenvalue weighted by atomic mass is 16.7. The third-order valence-electron chi connectivity index (χ3n) is 16.9. The van der Waals surface area contributed by atoms with Crippen molar-refractivity contribution in [3.05, 3.63) is 0 Å². The number of fused-ring (bicyclic) bond motifs is 1. The van der Waals surface area contributed by atoms with Crippen LogP contribution in [0.4, 0.5) is 0 Å². The molecule has 8 saturated carbocycles. The molecule has 8 atom stereocenters. The average Bonchev–Trinajstić information content (AvgIpc) is 3.75. The molecule has 370 valence electrons. The summed E-state index contributed by atoms with van der Waals surface area (Å²) in [5, 5.41) is 10.6. The third kappa shape index (κ3) is 11.2. The minimum Gasteiger partial charge on any atom is -0.459 e. The number of hydrogen-bond acceptors (Lipinski definition) is 10. The quantitative estimate of drug-likeness (QED) is 0.167. The van der Waals surface area contributed by atoms with Gasteiger partial charge >= 0.3 is 23.9 Å². The van der Waals surface area contributed by atoms with Crippen LogP contribution < -0.4 is 0 Å². The van der Waals surface area contributed by atoms with Crippen LogP contribution in [0.15, 0.2) is 0 Å². The lowest BCUT2D eigenvalue weighted by Gasteiger charge is -2.61. The minimum atomic E-state index is -0.542. The Hall–Kier alpha value is -2.20. The average molecular weight is 895 g/mol. The second kappa shape index (κ2) is 20.8. The summed E-state index contributed by atoms with van der Waals surface area (Å²) in [7, 11) is 0. The number of rotatable bonds is 10. The maximum absolute atomic E-state index is 12.6. The van der Waals surface area contributed by atoms with Gasteiger partial charge < -0.3 is 28.8 Å². The zero-order valence-corrected chi connectivity index (χ0v) is 36.8. The van der Waals surface area contributed by atoms with Crippen molar-refractivity contribution in [2.24, 2.45) is 57.7 Å². The summed E-state index contributed by atoms with van der Waals surface area (Å²) in [5.41, 5.74) is -1.81. The Bertz CT molecular complexity index is 1510. The zero-order valence-electron chi connectivity index (χ0n) is 36.8. The van der Waals surface area contributed by atoms with E-state index in [-0.39, 0.29) is 115 Å². The van der Waals surface area contributed by atoms with E-state index < -0.39 is 23.2 Å². The molecule has 3 aliphatic heterocycles. The first-order valence-electron chi connectivity index (χ1n) is 22.8. The van der Waals surface area contributed by atoms with Crippen LogP contribution in [0.25, 0.3) is 0 Å². The molecule has 0 aromatic heterocycles. The van der Waals surface area contributed by atoms with Crippen LogP contribution in [-0.2, 0) is 42.9 Å². The smallest absolute Gasteiger partial charge is 0.312 e. The molecule has 11 rings (SSSR count). The molecule has 11 fully saturated rings. The zero-order chi connectivity index (χ0) is 41.5. The number of aliphatic hydroxyl groups is 1. The number of carbonyl (C=O) groups excluding carboxylic acids is 4. The number of hydrogen-bond donors (Lipinski definition) is 1. The molecule has 1 N–H and O–H groups in total. The van der Waals surface area contributed by atoms with E-state index >= 15 is 0 Å². The van der Waals surface area contributed by atoms with Gasteiger partial charge in [0.05, 0.1) is 34.4 Å². The van der Waals surface area contributed by atoms with Gasteiger partial charge in [0.1, 0.15) is 17.3 Å². The first-order valence-corrected chi connectivity index (χ1v) is 22.8. The van der Waals surface area contributed by atoms with Gasteiger partial charge in [-0.05, 0) is 167 Å². The van der Waals surface area contributed by atoms with Crippen molar-refractivity contribution in [2.75, 3.05) is 0 Å². The molecule has 3 saturated heterocycles. The van der Waals surface area contributed by atoms with Crippen LogP contribution >= 0.6 is 0 Å². The van der Waals surface area contributed by atoms with Crippen molar-refractivity contribution in [3.63, 3.8) is 0 Å². The number of ether oxygens (including phenoxy) is 5. The summed E-state index contributed by atoms with van der Waals surface area (Å²) in [5.74, 6) is 3.14. The Morgan fingerprint density at radius 1 is 0.698 bits per heavy atom. The van der Waals surface area contributed by atoms with Gasteiger partial charge in [0.15, 0.2) is 12.2 Å². The van der Waals surface area contributed by atoms with E-state index in [1.807, 2.05) is 48.5 Å². The molecule has 8 aliphatic carbocycles. The fraction of sp³-hybridized carbons (Fsp3) is 0.925. The standard InChI is InChI=1S/C19H32O2.C15H24O3.C13H18O5.6CH4/c1-6-17(2,3)16(20)21-18(4,5)19-10-13-7-14(11-19)9-15(8-13)12-19;1-3-10(2)13(16)18-15-7-11-4-12(8-15)6-14(17,5-11)9-15;1-4-13(2,3)12(15)18-9-7-5-6-8(16-7)10(9)17-11(6)14;;;;;;/h13-15H,6-12H2,1-5H3;10-12,17H,3-9H2,1-2H3;6-10H,4-5H2,1-3H3;6*1H4. The topological polar surface area (TPSA) is 135 Å². The lowest BCUT2D eigenvalue weighted by atomic mass is 9.46. The molecule has 0 amide bonds. The molecule has 10 bridgehead atoms. The normalized spacial score (nSPS) is 38.0. The van der Waals surface area contributed by atoms with Gasteiger partial charge in [-0.1, -0.05) is 72.3 Å². The van der Waals surface area contributed by atoms with Crippen LogP contribution in [0.3, 0.4) is 0 Å². The first-order chi connectivity index (χ1) is 26.5. The highest BCUT2D eigenvalue weighted by Gasteiger charge is 2.65. The molecule has 10 nitrogen and oxygen atoms in total. The van der Waals surface area contributed by atoms with Crippen molar-refractivity contribution in [2.45, 2.75) is 258 Å². The van der Waals surface area contributed by atoms with E-state index in [1.54, 1.807) is 0 Å². The van der Waals surface area contributed by atoms with E-state index in [0.29, 0.717) is 31.1 Å². The Balaban J connectivity index is 0.000000452. The van der Waals surface area contributed by atoms with Crippen molar-refractivity contribution >= 4 is 23.9 Å². The van der Waals surface area contributed by atoms with Gasteiger partial charge in [-0.25, -0.2) is 0 Å². The fourth-order valence-electron chi connectivity index (χ4n) is 13.0. The first kappa shape index (κ1) is 58.8. The van der Waals surface area contributed by atoms with Crippen molar-refractivity contribution in [1.29, 1.82) is 0 Å². The molecule has 0 spiro atoms. The Morgan fingerprint density at radius 2 is 1.17 bits per heavy atom. The molecule has 0 aromatic carbocycles. The molecule has 0 radical (unpaired) electrons. The Labute approximate surface area is 386 Å². The van der Waals surface area contributed by atoms with Crippen molar-refractivity contribution in [3.8, 4) is 0 Å². The summed E-state index contributed by atoms with van der Waals surface area (Å²) in [6, 6.07) is 0. The van der Waals surface area contributed by atoms with Crippen LogP contribution in [-0.4, -0.2) is 70.2 Å². The van der Waals surface area contributed by atoms with Crippen molar-refractivity contribution < 1.29 is 48.0 Å². The van der Waals surface area contributed by atoms with E-state index in [1.165, 1.54) is 44.9 Å². The van der Waals surface area contributed by atoms with Crippen LogP contribution in [0.5, 0.6) is 0 Å². The van der Waals surface area contributed by atoms with E-state index in [0.717, 1.165) is 56.3 Å². The number of esters is 4. The summed E-state index contributed by atoms with van der Waals surface area (Å²) in [4.78, 5) is 48.2. The Morgan fingerprint density at radius 3 is 1.63 bits per heavy atom. The van der Waals surface area contributed by atoms with Crippen LogP contribution in [0.1, 0.15) is 217 Å². The predicted octanol–water partition coefficient (Wildman–Crippen LogP) is 12.5. The van der Waals surface area contributed by atoms with Gasteiger partial charge in [0, 0.05) is 11.8 Å². The molecule has 0 aromatic rings. The fourth-order valence-corrected chi connectivity index (χ4v) is 13.0. The largest absolute Gasteiger partial charge is 0.459 e. The Kier molecular flexibility index (Phi) is 19.4. The summed E-state index contributed by atoms with van der Waals surface area (Å²) in [6.45, 7) is 20.0. The molecule has 63 heavy (non-hydrogen) atoms.